The molecule has 3 heteroatoms. The Balaban J connectivity index is 4.29. The first-order valence-electron chi connectivity index (χ1n) is 9.49. The fraction of sp³-hybridized carbons (Fsp3) is 0.667. The molecule has 0 aliphatic rings. The third-order valence-electron chi connectivity index (χ3n) is 3.82. The maximum absolute atomic E-state index is 11.5. The lowest BCUT2D eigenvalue weighted by Gasteiger charge is -2.16. The van der Waals surface area contributed by atoms with Crippen molar-refractivity contribution in [2.24, 2.45) is 5.92 Å². The highest BCUT2D eigenvalue weighted by Crippen LogP contribution is 2.16. The normalized spacial score (nSPS) is 14.7. The van der Waals surface area contributed by atoms with Gasteiger partial charge in [-0.25, -0.2) is 0 Å². The molecule has 0 rings (SSSR count). The van der Waals surface area contributed by atoms with Crippen LogP contribution >= 0.6 is 0 Å². The van der Waals surface area contributed by atoms with Gasteiger partial charge in [0.15, 0.2) is 0 Å². The van der Waals surface area contributed by atoms with E-state index in [2.05, 4.69) is 19.9 Å². The van der Waals surface area contributed by atoms with Crippen molar-refractivity contribution < 1.29 is 14.6 Å². The van der Waals surface area contributed by atoms with E-state index in [1.807, 2.05) is 24.3 Å². The van der Waals surface area contributed by atoms with Gasteiger partial charge >= 0.3 is 5.97 Å². The number of esters is 1. The highest BCUT2D eigenvalue weighted by atomic mass is 16.5. The van der Waals surface area contributed by atoms with Crippen molar-refractivity contribution in [3.63, 3.8) is 0 Å². The topological polar surface area (TPSA) is 46.5 Å². The largest absolute Gasteiger partial charge is 0.466 e. The molecule has 0 aromatic rings. The summed E-state index contributed by atoms with van der Waals surface area (Å²) in [5.74, 6) is -0.251. The molecule has 0 radical (unpaired) electrons. The Morgan fingerprint density at radius 1 is 1.04 bits per heavy atom. The van der Waals surface area contributed by atoms with Crippen LogP contribution in [0.4, 0.5) is 0 Å². The first-order valence-corrected chi connectivity index (χ1v) is 9.49. The third-order valence-corrected chi connectivity index (χ3v) is 3.82. The van der Waals surface area contributed by atoms with Crippen molar-refractivity contribution in [3.05, 3.63) is 36.5 Å². The predicted molar refractivity (Wildman–Crippen MR) is 102 cm³/mol. The van der Waals surface area contributed by atoms with Gasteiger partial charge in [0.05, 0.1) is 12.7 Å². The van der Waals surface area contributed by atoms with E-state index in [0.717, 1.165) is 12.8 Å². The maximum Gasteiger partial charge on any atom is 0.305 e. The molecule has 0 bridgehead atoms. The van der Waals surface area contributed by atoms with Crippen LogP contribution in [0.3, 0.4) is 0 Å². The van der Waals surface area contributed by atoms with E-state index in [9.17, 15) is 9.90 Å². The smallest absolute Gasteiger partial charge is 0.305 e. The average Bonchev–Trinajstić information content (AvgIpc) is 2.57. The second-order valence-corrected chi connectivity index (χ2v) is 6.00. The fourth-order valence-corrected chi connectivity index (χ4v) is 2.39. The zero-order chi connectivity index (χ0) is 18.0. The molecule has 1 N–H and O–H groups in total. The zero-order valence-electron chi connectivity index (χ0n) is 15.7. The van der Waals surface area contributed by atoms with E-state index in [4.69, 9.17) is 4.74 Å². The van der Waals surface area contributed by atoms with Crippen LogP contribution in [0.15, 0.2) is 36.5 Å². The van der Waals surface area contributed by atoms with Crippen molar-refractivity contribution >= 4 is 5.97 Å². The molecule has 0 aliphatic carbocycles. The summed E-state index contributed by atoms with van der Waals surface area (Å²) >= 11 is 0. The minimum atomic E-state index is -0.577. The molecular weight excluding hydrogens is 300 g/mol. The number of hydrogen-bond donors (Lipinski definition) is 1. The lowest BCUT2D eigenvalue weighted by atomic mass is 9.95. The van der Waals surface area contributed by atoms with Crippen molar-refractivity contribution in [3.8, 4) is 0 Å². The number of aliphatic hydroxyl groups is 1. The molecular formula is C21H36O3. The van der Waals surface area contributed by atoms with Gasteiger partial charge in [0, 0.05) is 12.3 Å². The van der Waals surface area contributed by atoms with E-state index < -0.39 is 6.10 Å². The quantitative estimate of drug-likeness (QED) is 0.201. The molecule has 0 aliphatic heterocycles. The third kappa shape index (κ3) is 13.1. The van der Waals surface area contributed by atoms with Gasteiger partial charge in [-0.15, -0.1) is 0 Å². The molecule has 24 heavy (non-hydrogen) atoms. The minimum absolute atomic E-state index is 0.0523. The van der Waals surface area contributed by atoms with Crippen LogP contribution in [-0.4, -0.2) is 23.8 Å². The lowest BCUT2D eigenvalue weighted by molar-refractivity contribution is -0.143. The van der Waals surface area contributed by atoms with Gasteiger partial charge in [-0.2, -0.15) is 0 Å². The molecule has 0 aromatic carbocycles. The van der Waals surface area contributed by atoms with E-state index in [0.29, 0.717) is 19.4 Å². The van der Waals surface area contributed by atoms with Crippen LogP contribution in [0.25, 0.3) is 0 Å². The molecule has 0 saturated heterocycles. The zero-order valence-corrected chi connectivity index (χ0v) is 15.7. The second kappa shape index (κ2) is 16.5. The number of carbonyl (C=O) groups excluding carboxylic acids is 1. The first kappa shape index (κ1) is 22.6. The van der Waals surface area contributed by atoms with Crippen LogP contribution in [0.5, 0.6) is 0 Å². The molecule has 0 unspecified atom stereocenters. The summed E-state index contributed by atoms with van der Waals surface area (Å²) < 4.78 is 4.96. The van der Waals surface area contributed by atoms with Crippen LogP contribution in [-0.2, 0) is 9.53 Å². The van der Waals surface area contributed by atoms with Gasteiger partial charge in [0.25, 0.3) is 0 Å². The number of rotatable bonds is 14. The van der Waals surface area contributed by atoms with Gasteiger partial charge in [0.1, 0.15) is 0 Å². The standard InChI is InChI=1S/C21H36O3/c1-4-7-9-10-11-12-13-14-16-20(22)19(15-8-5-2)17-18-21(23)24-6-3/h8,12-16,19-20,22H,4-7,9-11,17-18H2,1-3H3/b13-12-,15-8+,16-14+/t19-,20-/m1/s1. The van der Waals surface area contributed by atoms with E-state index in [1.165, 1.54) is 25.7 Å². The fourth-order valence-electron chi connectivity index (χ4n) is 2.39. The molecule has 0 amide bonds. The number of allylic oxidation sites excluding steroid dienone is 4. The van der Waals surface area contributed by atoms with Gasteiger partial charge < -0.3 is 9.84 Å². The molecule has 3 nitrogen and oxygen atoms in total. The Bertz CT molecular complexity index is 383. The van der Waals surface area contributed by atoms with Crippen molar-refractivity contribution in [1.82, 2.24) is 0 Å². The number of unbranched alkanes of at least 4 members (excludes halogenated alkanes) is 4. The van der Waals surface area contributed by atoms with E-state index >= 15 is 0 Å². The van der Waals surface area contributed by atoms with Crippen molar-refractivity contribution in [1.29, 1.82) is 0 Å². The number of carbonyl (C=O) groups is 1. The maximum atomic E-state index is 11.5. The summed E-state index contributed by atoms with van der Waals surface area (Å²) in [4.78, 5) is 11.5. The van der Waals surface area contributed by atoms with Gasteiger partial charge in [-0.05, 0) is 32.6 Å². The Morgan fingerprint density at radius 2 is 1.83 bits per heavy atom. The summed E-state index contributed by atoms with van der Waals surface area (Å²) in [5.41, 5.74) is 0. The molecule has 0 fully saturated rings. The van der Waals surface area contributed by atoms with Crippen LogP contribution in [0.1, 0.15) is 72.1 Å². The summed E-state index contributed by atoms with van der Waals surface area (Å²) in [6.07, 6.45) is 19.3. The van der Waals surface area contributed by atoms with Gasteiger partial charge in [-0.3, -0.25) is 4.79 Å². The van der Waals surface area contributed by atoms with Gasteiger partial charge in [0.2, 0.25) is 0 Å². The Morgan fingerprint density at radius 3 is 2.50 bits per heavy atom. The second-order valence-electron chi connectivity index (χ2n) is 6.00. The lowest BCUT2D eigenvalue weighted by Crippen LogP contribution is -2.18. The average molecular weight is 337 g/mol. The van der Waals surface area contributed by atoms with Crippen LogP contribution < -0.4 is 0 Å². The number of ether oxygens (including phenoxy) is 1. The summed E-state index contributed by atoms with van der Waals surface area (Å²) in [7, 11) is 0. The first-order chi connectivity index (χ1) is 11.7. The van der Waals surface area contributed by atoms with E-state index in [-0.39, 0.29) is 11.9 Å². The predicted octanol–water partition coefficient (Wildman–Crippen LogP) is 5.36. The summed E-state index contributed by atoms with van der Waals surface area (Å²) in [6.45, 7) is 6.48. The number of hydrogen-bond acceptors (Lipinski definition) is 3. The highest BCUT2D eigenvalue weighted by molar-refractivity contribution is 5.69. The van der Waals surface area contributed by atoms with E-state index in [1.54, 1.807) is 13.0 Å². The SMILES string of the molecule is CC/C=C/[C@H](CCC(=O)OCC)[C@H](O)/C=C/C=C\CCCCCC. The van der Waals surface area contributed by atoms with Crippen LogP contribution in [0, 0.1) is 5.92 Å². The molecule has 0 aromatic heterocycles. The summed E-state index contributed by atoms with van der Waals surface area (Å²) in [6, 6.07) is 0. The molecule has 138 valence electrons. The molecule has 0 saturated carbocycles. The van der Waals surface area contributed by atoms with Crippen LogP contribution in [0.2, 0.25) is 0 Å². The minimum Gasteiger partial charge on any atom is -0.466 e. The van der Waals surface area contributed by atoms with Crippen molar-refractivity contribution in [2.45, 2.75) is 78.2 Å². The Kier molecular flexibility index (Phi) is 15.6. The molecule has 0 heterocycles. The Labute approximate surface area is 148 Å². The number of aliphatic hydroxyl groups excluding tert-OH is 1. The monoisotopic (exact) mass is 336 g/mol. The molecule has 0 spiro atoms. The highest BCUT2D eigenvalue weighted by Gasteiger charge is 2.15. The van der Waals surface area contributed by atoms with Gasteiger partial charge in [-0.1, -0.05) is 69.6 Å². The molecule has 2 atom stereocenters. The Hall–Kier alpha value is -1.35. The van der Waals surface area contributed by atoms with Crippen molar-refractivity contribution in [2.75, 3.05) is 6.61 Å². The summed E-state index contributed by atoms with van der Waals surface area (Å²) in [5, 5.41) is 10.3.